The Bertz CT molecular complexity index is 1900. The molecule has 3 N–H and O–H groups in total. The standard InChI is InChI=1S/C9H10ClNO2.B8H78P68/c10-7-4-2-1-3-6(7)8(11)5-9(12)13;9-48(58(10)11)4(49(59(12)13)60(14)15)2(6(52(65(24)25)66(26)27)53(67(28)29)68(30)31)1(5(50(61(16)17)62(18)19)51(63(20)21)64(22)23)3(7(54(69(32)33)70(34)35)55(71(36)37)72(38)39)8(56(73(40)41)74(42)43)57(75(44)45)76(46)47/h1-4,8H,5,11H2,(H,12,13);9-47H2. The highest BCUT2D eigenvalue weighted by molar-refractivity contribution is 9.22. The van der Waals surface area contributed by atoms with E-state index in [0.29, 0.717) is 60.0 Å². The molecule has 41 atom stereocenters. The van der Waals surface area contributed by atoms with Crippen molar-refractivity contribution in [3.05, 3.63) is 34.9 Å². The molecule has 0 heterocycles. The molecule has 512 valence electrons. The van der Waals surface area contributed by atoms with E-state index in [9.17, 15) is 4.79 Å². The minimum atomic E-state index is -0.924. The van der Waals surface area contributed by atoms with Gasteiger partial charge in [-0.3, -0.25) is 4.79 Å². The number of rotatable bonds is 39. The predicted molar refractivity (Wildman–Crippen MR) is 676 cm³/mol. The highest BCUT2D eigenvalue weighted by Gasteiger charge is 2.69. The summed E-state index contributed by atoms with van der Waals surface area (Å²) in [4.78, 5) is 10.4. The molecule has 0 spiro atoms. The van der Waals surface area contributed by atoms with E-state index in [1.54, 1.807) is 24.3 Å². The number of hydrogen-bond donors (Lipinski definition) is 2. The lowest BCUT2D eigenvalue weighted by atomic mass is 8.65. The number of hydrogen-bond acceptors (Lipinski definition) is 2. The number of halogens is 1. The first-order valence-corrected chi connectivity index (χ1v) is 139. The van der Waals surface area contributed by atoms with Crippen LogP contribution >= 0.6 is 564 Å². The van der Waals surface area contributed by atoms with Crippen molar-refractivity contribution in [2.75, 3.05) is 0 Å². The summed E-state index contributed by atoms with van der Waals surface area (Å²) in [7, 11) is 136. The summed E-state index contributed by atoms with van der Waals surface area (Å²) in [6.45, 7) is -7.95. The normalized spacial score (nSPS) is 13.9. The van der Waals surface area contributed by atoms with E-state index in [4.69, 9.17) is 22.4 Å². The highest BCUT2D eigenvalue weighted by Crippen LogP contribution is 3.15. The van der Waals surface area contributed by atoms with Crippen LogP contribution in [-0.4, -0.2) is 60.4 Å². The van der Waals surface area contributed by atoms with Gasteiger partial charge in [-0.2, -0.15) is 0 Å². The van der Waals surface area contributed by atoms with Crippen molar-refractivity contribution in [3.63, 3.8) is 0 Å². The molecule has 0 aliphatic heterocycles. The minimum absolute atomic E-state index is 0.107. The Morgan fingerprint density at radius 2 is 0.506 bits per heavy atom. The molecule has 80 heteroatoms. The molecule has 0 bridgehead atoms. The summed E-state index contributed by atoms with van der Waals surface area (Å²) >= 11 is 5.83. The van der Waals surface area contributed by atoms with Crippen LogP contribution in [0.25, 0.3) is 0 Å². The fourth-order valence-electron chi connectivity index (χ4n) is 8.54. The van der Waals surface area contributed by atoms with Crippen molar-refractivity contribution >= 4 is 620 Å². The van der Waals surface area contributed by atoms with E-state index in [-0.39, 0.29) is 6.42 Å². The second-order valence-corrected chi connectivity index (χ2v) is 255. The van der Waals surface area contributed by atoms with Crippen LogP contribution < -0.4 is 5.73 Å². The molecule has 0 saturated carbocycles. The molecule has 0 saturated heterocycles. The quantitative estimate of drug-likeness (QED) is 0.0510. The SMILES string of the molecule is NC(CC(=O)O)c1ccccc1Cl.PP(P)P(P)B(B(B(B(B(P(P(P)P)P(P)P)P(P(P)P)P(P)P)B(P(P(P)P)P(P)P)P(P(P)P)P(P)P)B(P(P(P)P)P(P)P)P(P(P)P)P(P)P)B(P(P(P)P)P(P)P)P(P(P)P)P(P)P)P(P(P)P)P(P)P. The van der Waals surface area contributed by atoms with E-state index in [1.807, 2.05) is 0 Å². The van der Waals surface area contributed by atoms with Crippen molar-refractivity contribution in [2.45, 2.75) is 12.5 Å². The first-order chi connectivity index (χ1) is 40.6. The summed E-state index contributed by atoms with van der Waals surface area (Å²) in [5, 5.41) is 9.02. The summed E-state index contributed by atoms with van der Waals surface area (Å²) in [6, 6.07) is 9.63. The van der Waals surface area contributed by atoms with E-state index < -0.39 is 217 Å². The van der Waals surface area contributed by atoms with Gasteiger partial charge in [0.2, 0.25) is 0 Å². The number of carbonyl (C=O) groups is 1. The van der Waals surface area contributed by atoms with Gasteiger partial charge in [0, 0.05) is 17.4 Å². The largest absolute Gasteiger partial charge is 0.481 e. The van der Waals surface area contributed by atoms with Gasteiger partial charge in [-0.15, -0.1) is 348 Å². The van der Waals surface area contributed by atoms with Gasteiger partial charge in [-0.1, -0.05) is 102 Å². The Morgan fingerprint density at radius 1 is 0.326 bits per heavy atom. The van der Waals surface area contributed by atoms with Gasteiger partial charge in [-0.05, 0) is 144 Å². The maximum Gasteiger partial charge on any atom is 0.305 e. The van der Waals surface area contributed by atoms with Crippen molar-refractivity contribution in [1.82, 2.24) is 0 Å². The predicted octanol–water partition coefficient (Wildman–Crippen LogP) is 36.4. The average Bonchev–Trinajstić information content (AvgIpc) is 3.33. The third-order valence-corrected chi connectivity index (χ3v) is 278. The topological polar surface area (TPSA) is 63.3 Å². The summed E-state index contributed by atoms with van der Waals surface area (Å²) in [5.41, 5.74) is 6.30. The zero-order valence-electron chi connectivity index (χ0n) is 47.0. The third kappa shape index (κ3) is 41.8. The summed E-state index contributed by atoms with van der Waals surface area (Å²) in [5.74, 6) is -0.924. The fourth-order valence-corrected chi connectivity index (χ4v) is 453. The van der Waals surface area contributed by atoms with Crippen LogP contribution in [-0.2, 0) is 4.79 Å². The molecule has 41 unspecified atom stereocenters. The molecular formula is C9H88B8ClNO2P68. The second kappa shape index (κ2) is 63.6. The van der Waals surface area contributed by atoms with E-state index in [0.717, 1.165) is 0 Å². The molecule has 1 aromatic carbocycles. The van der Waals surface area contributed by atoms with Crippen LogP contribution in [0, 0.1) is 0 Å². The van der Waals surface area contributed by atoms with Gasteiger partial charge in [0.05, 0.1) is 19.2 Å². The molecule has 1 aromatic rings. The lowest BCUT2D eigenvalue weighted by Crippen LogP contribution is -2.73. The lowest BCUT2D eigenvalue weighted by Gasteiger charge is -2.58. The van der Waals surface area contributed by atoms with Gasteiger partial charge >= 0.3 is 5.97 Å². The molecule has 3 nitrogen and oxygen atoms in total. The number of benzene rings is 1. The highest BCUT2D eigenvalue weighted by atomic mass is 35.5. The number of carboxylic acid groups (broad SMARTS) is 1. The molecule has 0 aromatic heterocycles. The zero-order valence-corrected chi connectivity index (χ0v) is 119. The maximum atomic E-state index is 10.4. The van der Waals surface area contributed by atoms with Crippen molar-refractivity contribution in [1.29, 1.82) is 0 Å². The van der Waals surface area contributed by atoms with Gasteiger partial charge in [0.15, 0.2) is 30.2 Å². The molecule has 0 aliphatic rings. The van der Waals surface area contributed by atoms with E-state index >= 15 is 0 Å². The van der Waals surface area contributed by atoms with Gasteiger partial charge in [0.25, 0.3) is 0 Å². The zero-order chi connectivity index (χ0) is 70.2. The number of aliphatic carboxylic acids is 1. The molecular weight excluding hydrogens is 2380 g/mol. The van der Waals surface area contributed by atoms with Gasteiger partial charge in [-0.25, -0.2) is 0 Å². The average molecular weight is 2470 g/mol. The number of nitrogens with two attached hydrogens (primary N) is 1. The molecule has 1 rings (SSSR count). The molecule has 0 aliphatic carbocycles. The van der Waals surface area contributed by atoms with Crippen LogP contribution in [0.2, 0.25) is 5.02 Å². The summed E-state index contributed by atoms with van der Waals surface area (Å²) in [6.07, 6.45) is 1.57. The monoisotopic (exact) mass is 2470 g/mol. The van der Waals surface area contributed by atoms with Crippen LogP contribution in [0.4, 0.5) is 0 Å². The Balaban J connectivity index is 0.00000523. The second-order valence-electron chi connectivity index (χ2n) is 17.0. The Kier molecular flexibility index (Phi) is 84.1. The van der Waals surface area contributed by atoms with Crippen LogP contribution in [0.1, 0.15) is 18.0 Å². The number of carboxylic acids is 1. The van der Waals surface area contributed by atoms with E-state index in [1.165, 1.54) is 0 Å². The Labute approximate surface area is 672 Å². The van der Waals surface area contributed by atoms with Crippen LogP contribution in [0.5, 0.6) is 0 Å². The Morgan fingerprint density at radius 3 is 0.685 bits per heavy atom. The van der Waals surface area contributed by atoms with Crippen molar-refractivity contribution < 1.29 is 9.90 Å². The summed E-state index contributed by atoms with van der Waals surface area (Å²) < 4.78 is 0. The minimum Gasteiger partial charge on any atom is -0.481 e. The van der Waals surface area contributed by atoms with Gasteiger partial charge in [0.1, 0.15) is 0 Å². The van der Waals surface area contributed by atoms with Crippen molar-refractivity contribution in [3.8, 4) is 0 Å². The molecule has 89 heavy (non-hydrogen) atoms. The maximum absolute atomic E-state index is 10.4. The lowest BCUT2D eigenvalue weighted by molar-refractivity contribution is -0.137. The van der Waals surface area contributed by atoms with Crippen molar-refractivity contribution in [2.24, 2.45) is 5.73 Å². The van der Waals surface area contributed by atoms with E-state index in [2.05, 4.69) is 348 Å². The molecule has 0 amide bonds. The van der Waals surface area contributed by atoms with Crippen LogP contribution in [0.15, 0.2) is 24.3 Å². The van der Waals surface area contributed by atoms with Crippen LogP contribution in [0.3, 0.4) is 0 Å². The molecule has 0 fully saturated rings. The first kappa shape index (κ1) is 118. The first-order valence-electron chi connectivity index (χ1n) is 22.6. The third-order valence-electron chi connectivity index (χ3n) is 11.2. The fraction of sp³-hybridized carbons (Fsp3) is 0.222. The molecule has 0 radical (unpaired) electrons. The Hall–Kier alpha value is 28.7. The van der Waals surface area contributed by atoms with Gasteiger partial charge < -0.3 is 10.8 Å². The smallest absolute Gasteiger partial charge is 0.305 e.